The number of carbonyl (C=O) groups excluding carboxylic acids is 2. The molecule has 2 N–H and O–H groups in total. The smallest absolute Gasteiger partial charge is 0.353 e. The van der Waals surface area contributed by atoms with Crippen molar-refractivity contribution in [3.63, 3.8) is 0 Å². The maximum Gasteiger partial charge on any atom is 0.353 e. The Morgan fingerprint density at radius 2 is 2.24 bits per heavy atom. The minimum atomic E-state index is -1.29. The fourth-order valence-corrected chi connectivity index (χ4v) is 2.89. The second kappa shape index (κ2) is 6.58. The summed E-state index contributed by atoms with van der Waals surface area (Å²) in [6.07, 6.45) is 3.75. The number of pyridine rings is 1. The van der Waals surface area contributed by atoms with Gasteiger partial charge in [0.05, 0.1) is 12.7 Å². The van der Waals surface area contributed by atoms with Crippen molar-refractivity contribution in [2.75, 3.05) is 6.61 Å². The normalized spacial score (nSPS) is 24.1. The number of carbonyl (C=O) groups is 3. The number of aliphatic hydroxyl groups is 1. The zero-order valence-electron chi connectivity index (χ0n) is 13.3. The van der Waals surface area contributed by atoms with Gasteiger partial charge in [-0.15, -0.1) is 0 Å². The Balaban J connectivity index is 1.87. The molecule has 0 saturated carbocycles. The molecule has 8 heteroatoms. The number of hydrogen-bond acceptors (Lipinski definition) is 6. The average Bonchev–Trinajstić information content (AvgIpc) is 2.59. The molecule has 2 aliphatic rings. The number of allylic oxidation sites excluding steroid dienone is 1. The minimum Gasteiger partial charge on any atom is -0.477 e. The molecule has 0 unspecified atom stereocenters. The number of carboxylic acid groups (broad SMARTS) is 1. The molecule has 1 aromatic heterocycles. The number of amides is 1. The van der Waals surface area contributed by atoms with Crippen LogP contribution in [0.25, 0.3) is 0 Å². The molecule has 130 valence electrons. The van der Waals surface area contributed by atoms with Crippen LogP contribution in [0.15, 0.2) is 47.9 Å². The molecular formula is C17H16N2O6. The fourth-order valence-electron chi connectivity index (χ4n) is 2.89. The highest BCUT2D eigenvalue weighted by Crippen LogP contribution is 2.38. The lowest BCUT2D eigenvalue weighted by molar-refractivity contribution is -0.203. The second-order valence-corrected chi connectivity index (χ2v) is 5.79. The van der Waals surface area contributed by atoms with Gasteiger partial charge in [0.2, 0.25) is 5.91 Å². The van der Waals surface area contributed by atoms with Crippen LogP contribution >= 0.6 is 0 Å². The summed E-state index contributed by atoms with van der Waals surface area (Å²) in [5.74, 6) is -2.93. The largest absolute Gasteiger partial charge is 0.477 e. The summed E-state index contributed by atoms with van der Waals surface area (Å²) in [5.41, 5.74) is 0.340. The first-order valence-electron chi connectivity index (χ1n) is 7.63. The van der Waals surface area contributed by atoms with Crippen LogP contribution in [0.1, 0.15) is 17.3 Å². The molecule has 8 nitrogen and oxygen atoms in total. The first kappa shape index (κ1) is 17.0. The predicted octanol–water partition coefficient (Wildman–Crippen LogP) is 0.355. The average molecular weight is 344 g/mol. The predicted molar refractivity (Wildman–Crippen MR) is 84.1 cm³/mol. The van der Waals surface area contributed by atoms with Crippen molar-refractivity contribution < 1.29 is 29.3 Å². The van der Waals surface area contributed by atoms with E-state index in [4.69, 9.17) is 4.74 Å². The number of aromatic nitrogens is 1. The summed E-state index contributed by atoms with van der Waals surface area (Å²) in [4.78, 5) is 40.7. The Kier molecular flexibility index (Phi) is 4.47. The molecule has 1 amide bonds. The molecule has 0 radical (unpaired) electrons. The topological polar surface area (TPSA) is 117 Å². The Morgan fingerprint density at radius 1 is 1.48 bits per heavy atom. The van der Waals surface area contributed by atoms with Crippen LogP contribution in [0.2, 0.25) is 0 Å². The Hall–Kier alpha value is -2.84. The second-order valence-electron chi connectivity index (χ2n) is 5.79. The van der Waals surface area contributed by atoms with Crippen molar-refractivity contribution in [2.24, 2.45) is 5.92 Å². The lowest BCUT2D eigenvalue weighted by Gasteiger charge is -2.50. The van der Waals surface area contributed by atoms with Crippen molar-refractivity contribution in [1.29, 1.82) is 0 Å². The number of ether oxygens (including phenoxy) is 1. The Labute approximate surface area is 143 Å². The molecule has 0 spiro atoms. The molecule has 25 heavy (non-hydrogen) atoms. The summed E-state index contributed by atoms with van der Waals surface area (Å²) >= 11 is 0. The van der Waals surface area contributed by atoms with E-state index in [1.165, 1.54) is 31.5 Å². The number of β-lactam (4-membered cyclic amide) rings is 1. The number of aliphatic hydroxyl groups excluding tert-OH is 1. The van der Waals surface area contributed by atoms with E-state index < -0.39 is 30.1 Å². The molecular weight excluding hydrogens is 328 g/mol. The van der Waals surface area contributed by atoms with Crippen molar-refractivity contribution in [1.82, 2.24) is 9.88 Å². The molecule has 3 rings (SSSR count). The molecule has 3 heterocycles. The maximum absolute atomic E-state index is 12.1. The SMILES string of the molecule is C[C@@H](O)[C@H]1C(=O)N2C(C(=O)O)=C(/C=C/C(=O)c3cccnc3)CO[C@H]12. The standard InChI is InChI=1S/C17H16N2O6/c1-9(20)13-15(22)19-14(17(23)24)11(8-25-16(13)19)4-5-12(21)10-3-2-6-18-7-10/h2-7,9,13,16,20H,8H2,1H3,(H,23,24)/b5-4+/t9-,13+,16-/m1/s1. The van der Waals surface area contributed by atoms with E-state index in [0.29, 0.717) is 5.56 Å². The monoisotopic (exact) mass is 344 g/mol. The highest BCUT2D eigenvalue weighted by atomic mass is 16.5. The van der Waals surface area contributed by atoms with E-state index in [1.807, 2.05) is 0 Å². The van der Waals surface area contributed by atoms with E-state index in [-0.39, 0.29) is 23.7 Å². The lowest BCUT2D eigenvalue weighted by atomic mass is 9.88. The van der Waals surface area contributed by atoms with Crippen LogP contribution in [0.4, 0.5) is 0 Å². The fraction of sp³-hybridized carbons (Fsp3) is 0.294. The third-order valence-corrected chi connectivity index (χ3v) is 4.14. The Bertz CT molecular complexity index is 784. The van der Waals surface area contributed by atoms with Crippen molar-refractivity contribution >= 4 is 17.7 Å². The van der Waals surface area contributed by atoms with E-state index in [2.05, 4.69) is 4.98 Å². The van der Waals surface area contributed by atoms with Gasteiger partial charge in [0.15, 0.2) is 12.0 Å². The maximum atomic E-state index is 12.1. The number of aliphatic carboxylic acids is 1. The van der Waals surface area contributed by atoms with Gasteiger partial charge in [-0.1, -0.05) is 6.08 Å². The summed E-state index contributed by atoms with van der Waals surface area (Å²) in [5, 5.41) is 19.1. The molecule has 1 aromatic rings. The van der Waals surface area contributed by atoms with E-state index >= 15 is 0 Å². The van der Waals surface area contributed by atoms with Crippen LogP contribution in [-0.4, -0.2) is 56.7 Å². The third kappa shape index (κ3) is 2.97. The van der Waals surface area contributed by atoms with Gasteiger partial charge in [-0.05, 0) is 25.1 Å². The zero-order chi connectivity index (χ0) is 18.1. The van der Waals surface area contributed by atoms with Gasteiger partial charge in [-0.3, -0.25) is 19.5 Å². The van der Waals surface area contributed by atoms with E-state index in [9.17, 15) is 24.6 Å². The van der Waals surface area contributed by atoms with Crippen LogP contribution < -0.4 is 0 Å². The highest BCUT2D eigenvalue weighted by Gasteiger charge is 2.55. The van der Waals surface area contributed by atoms with Gasteiger partial charge in [0, 0.05) is 23.5 Å². The summed E-state index contributed by atoms with van der Waals surface area (Å²) in [6.45, 7) is 1.38. The number of fused-ring (bicyclic) bond motifs is 1. The van der Waals surface area contributed by atoms with Crippen molar-refractivity contribution in [2.45, 2.75) is 19.3 Å². The quantitative estimate of drug-likeness (QED) is 0.450. The van der Waals surface area contributed by atoms with Crippen LogP contribution in [-0.2, 0) is 14.3 Å². The van der Waals surface area contributed by atoms with Gasteiger partial charge in [0.1, 0.15) is 11.6 Å². The molecule has 2 aliphatic heterocycles. The molecule has 3 atom stereocenters. The number of carboxylic acids is 1. The molecule has 0 aromatic carbocycles. The first-order valence-corrected chi connectivity index (χ1v) is 7.63. The Morgan fingerprint density at radius 3 is 2.84 bits per heavy atom. The molecule has 0 bridgehead atoms. The van der Waals surface area contributed by atoms with Crippen LogP contribution in [0, 0.1) is 5.92 Å². The third-order valence-electron chi connectivity index (χ3n) is 4.14. The molecule has 1 saturated heterocycles. The zero-order valence-corrected chi connectivity index (χ0v) is 13.3. The van der Waals surface area contributed by atoms with E-state index in [1.54, 1.807) is 12.1 Å². The van der Waals surface area contributed by atoms with Gasteiger partial charge in [-0.25, -0.2) is 4.79 Å². The van der Waals surface area contributed by atoms with E-state index in [0.717, 1.165) is 4.90 Å². The lowest BCUT2D eigenvalue weighted by Crippen LogP contribution is -2.67. The molecule has 0 aliphatic carbocycles. The summed E-state index contributed by atoms with van der Waals surface area (Å²) in [7, 11) is 0. The number of hydrogen-bond donors (Lipinski definition) is 2. The van der Waals surface area contributed by atoms with Crippen molar-refractivity contribution in [3.8, 4) is 0 Å². The van der Waals surface area contributed by atoms with Crippen LogP contribution in [0.5, 0.6) is 0 Å². The summed E-state index contributed by atoms with van der Waals surface area (Å²) < 4.78 is 5.50. The number of rotatable bonds is 5. The first-order chi connectivity index (χ1) is 11.9. The summed E-state index contributed by atoms with van der Waals surface area (Å²) in [6, 6.07) is 3.21. The number of ketones is 1. The number of nitrogens with zero attached hydrogens (tertiary/aromatic N) is 2. The van der Waals surface area contributed by atoms with Crippen LogP contribution in [0.3, 0.4) is 0 Å². The van der Waals surface area contributed by atoms with Gasteiger partial charge in [0.25, 0.3) is 0 Å². The minimum absolute atomic E-state index is 0.0733. The van der Waals surface area contributed by atoms with Gasteiger partial charge < -0.3 is 14.9 Å². The van der Waals surface area contributed by atoms with Crippen molar-refractivity contribution in [3.05, 3.63) is 53.5 Å². The van der Waals surface area contributed by atoms with Gasteiger partial charge in [-0.2, -0.15) is 0 Å². The highest BCUT2D eigenvalue weighted by molar-refractivity contribution is 6.05. The van der Waals surface area contributed by atoms with Gasteiger partial charge >= 0.3 is 5.97 Å². The molecule has 1 fully saturated rings.